The van der Waals surface area contributed by atoms with Crippen LogP contribution >= 0.6 is 0 Å². The van der Waals surface area contributed by atoms with Gasteiger partial charge >= 0.3 is 0 Å². The third kappa shape index (κ3) is 3.10. The Bertz CT molecular complexity index is 858. The molecule has 0 fully saturated rings. The van der Waals surface area contributed by atoms with Crippen LogP contribution in [0.3, 0.4) is 0 Å². The summed E-state index contributed by atoms with van der Waals surface area (Å²) >= 11 is 0. The quantitative estimate of drug-likeness (QED) is 0.781. The fourth-order valence-electron chi connectivity index (χ4n) is 2.45. The maximum atomic E-state index is 12.3. The Kier molecular flexibility index (Phi) is 3.66. The van der Waals surface area contributed by atoms with Crippen molar-refractivity contribution >= 4 is 22.6 Å². The average Bonchev–Trinajstić information content (AvgIpc) is 2.88. The van der Waals surface area contributed by atoms with Gasteiger partial charge in [0.1, 0.15) is 5.82 Å². The molecule has 0 bridgehead atoms. The molecular formula is C18H19N3O2. The van der Waals surface area contributed by atoms with Crippen LogP contribution in [-0.2, 0) is 12.6 Å². The molecule has 0 saturated heterocycles. The van der Waals surface area contributed by atoms with Crippen molar-refractivity contribution in [1.82, 2.24) is 9.55 Å². The lowest BCUT2D eigenvalue weighted by Crippen LogP contribution is -2.17. The van der Waals surface area contributed by atoms with E-state index >= 15 is 0 Å². The molecule has 2 heterocycles. The van der Waals surface area contributed by atoms with E-state index < -0.39 is 5.60 Å². The van der Waals surface area contributed by atoms with Crippen LogP contribution in [0.1, 0.15) is 29.8 Å². The highest BCUT2D eigenvalue weighted by Crippen LogP contribution is 2.21. The molecule has 1 amide bonds. The monoisotopic (exact) mass is 309 g/mol. The Balaban J connectivity index is 1.81. The highest BCUT2D eigenvalue weighted by Gasteiger charge is 2.16. The van der Waals surface area contributed by atoms with Crippen LogP contribution in [0.2, 0.25) is 0 Å². The molecule has 0 radical (unpaired) electrons. The number of pyridine rings is 1. The first-order chi connectivity index (χ1) is 10.8. The number of anilines is 1. The fraction of sp³-hybridized carbons (Fsp3) is 0.222. The van der Waals surface area contributed by atoms with E-state index in [2.05, 4.69) is 10.3 Å². The molecule has 5 heteroatoms. The number of carbonyl (C=O) groups is 1. The third-order valence-electron chi connectivity index (χ3n) is 3.86. The molecule has 5 nitrogen and oxygen atoms in total. The number of nitrogens with one attached hydrogen (secondary N) is 1. The second-order valence-corrected chi connectivity index (χ2v) is 6.15. The minimum atomic E-state index is -0.922. The van der Waals surface area contributed by atoms with E-state index in [1.54, 1.807) is 44.3 Å². The maximum absolute atomic E-state index is 12.3. The summed E-state index contributed by atoms with van der Waals surface area (Å²) < 4.78 is 1.98. The molecule has 23 heavy (non-hydrogen) atoms. The van der Waals surface area contributed by atoms with Crippen LogP contribution in [0.25, 0.3) is 10.9 Å². The number of hydrogen-bond donors (Lipinski definition) is 2. The number of aryl methyl sites for hydroxylation is 1. The molecule has 0 aliphatic heterocycles. The predicted octanol–water partition coefficient (Wildman–Crippen LogP) is 3.05. The van der Waals surface area contributed by atoms with E-state index in [0.717, 1.165) is 16.5 Å². The summed E-state index contributed by atoms with van der Waals surface area (Å²) in [7, 11) is 1.95. The highest BCUT2D eigenvalue weighted by atomic mass is 16.3. The molecule has 0 unspecified atom stereocenters. The van der Waals surface area contributed by atoms with Gasteiger partial charge in [0.15, 0.2) is 0 Å². The molecule has 3 rings (SSSR count). The standard InChI is InChI=1S/C18H19N3O2/c1-18(2,23)14-6-4-12(5-7-14)17(22)20-16-10-15-13(11-19-16)8-9-21(15)3/h4-11,23H,1-3H3,(H,19,20,22). The summed E-state index contributed by atoms with van der Waals surface area (Å²) in [5.74, 6) is 0.282. The summed E-state index contributed by atoms with van der Waals surface area (Å²) in [6.07, 6.45) is 3.69. The zero-order chi connectivity index (χ0) is 16.6. The summed E-state index contributed by atoms with van der Waals surface area (Å²) in [5.41, 5.74) is 1.37. The fourth-order valence-corrected chi connectivity index (χ4v) is 2.45. The van der Waals surface area contributed by atoms with Gasteiger partial charge in [0.2, 0.25) is 0 Å². The molecule has 0 aliphatic rings. The largest absolute Gasteiger partial charge is 0.386 e. The Morgan fingerprint density at radius 1 is 1.22 bits per heavy atom. The molecule has 2 aromatic heterocycles. The maximum Gasteiger partial charge on any atom is 0.256 e. The first-order valence-electron chi connectivity index (χ1n) is 7.40. The van der Waals surface area contributed by atoms with Gasteiger partial charge in [-0.25, -0.2) is 4.98 Å². The molecule has 0 atom stereocenters. The van der Waals surface area contributed by atoms with Crippen molar-refractivity contribution in [2.24, 2.45) is 7.05 Å². The molecule has 0 spiro atoms. The highest BCUT2D eigenvalue weighted by molar-refractivity contribution is 6.04. The number of nitrogens with zero attached hydrogens (tertiary/aromatic N) is 2. The molecule has 0 aliphatic carbocycles. The minimum Gasteiger partial charge on any atom is -0.386 e. The van der Waals surface area contributed by atoms with Crippen molar-refractivity contribution in [2.45, 2.75) is 19.4 Å². The molecule has 3 aromatic rings. The van der Waals surface area contributed by atoms with Crippen molar-refractivity contribution < 1.29 is 9.90 Å². The first kappa shape index (κ1) is 15.2. The van der Waals surface area contributed by atoms with Crippen molar-refractivity contribution in [3.8, 4) is 0 Å². The van der Waals surface area contributed by atoms with Gasteiger partial charge in [0, 0.05) is 36.5 Å². The van der Waals surface area contributed by atoms with Crippen molar-refractivity contribution in [2.75, 3.05) is 5.32 Å². The first-order valence-corrected chi connectivity index (χ1v) is 7.40. The van der Waals surface area contributed by atoms with Crippen molar-refractivity contribution in [1.29, 1.82) is 0 Å². The van der Waals surface area contributed by atoms with Crippen molar-refractivity contribution in [3.63, 3.8) is 0 Å². The van der Waals surface area contributed by atoms with E-state index in [4.69, 9.17) is 0 Å². The van der Waals surface area contributed by atoms with E-state index in [1.807, 2.05) is 29.9 Å². The number of fused-ring (bicyclic) bond motifs is 1. The van der Waals surface area contributed by atoms with Gasteiger partial charge in [0.05, 0.1) is 11.1 Å². The summed E-state index contributed by atoms with van der Waals surface area (Å²) in [4.78, 5) is 16.6. The van der Waals surface area contributed by atoms with Gasteiger partial charge in [-0.2, -0.15) is 0 Å². The van der Waals surface area contributed by atoms with Crippen LogP contribution in [0.15, 0.2) is 48.8 Å². The van der Waals surface area contributed by atoms with Crippen molar-refractivity contribution in [3.05, 3.63) is 59.9 Å². The SMILES string of the molecule is Cn1ccc2cnc(NC(=O)c3ccc(C(C)(C)O)cc3)cc21. The lowest BCUT2D eigenvalue weighted by atomic mass is 9.97. The van der Waals surface area contributed by atoms with E-state index in [-0.39, 0.29) is 5.91 Å². The lowest BCUT2D eigenvalue weighted by Gasteiger charge is -2.17. The number of carbonyl (C=O) groups excluding carboxylic acids is 1. The minimum absolute atomic E-state index is 0.228. The van der Waals surface area contributed by atoms with Gasteiger partial charge in [0.25, 0.3) is 5.91 Å². The summed E-state index contributed by atoms with van der Waals surface area (Å²) in [5, 5.41) is 13.8. The molecular weight excluding hydrogens is 290 g/mol. The number of benzene rings is 1. The van der Waals surface area contributed by atoms with Crippen LogP contribution in [0.4, 0.5) is 5.82 Å². The number of rotatable bonds is 3. The number of aromatic nitrogens is 2. The Morgan fingerprint density at radius 2 is 1.91 bits per heavy atom. The van der Waals surface area contributed by atoms with E-state index in [9.17, 15) is 9.90 Å². The molecule has 1 aromatic carbocycles. The zero-order valence-electron chi connectivity index (χ0n) is 13.4. The van der Waals surface area contributed by atoms with Crippen LogP contribution in [0, 0.1) is 0 Å². The normalized spacial score (nSPS) is 11.7. The number of hydrogen-bond acceptors (Lipinski definition) is 3. The summed E-state index contributed by atoms with van der Waals surface area (Å²) in [6.45, 7) is 3.42. The van der Waals surface area contributed by atoms with Gasteiger partial charge in [-0.1, -0.05) is 12.1 Å². The van der Waals surface area contributed by atoms with E-state index in [0.29, 0.717) is 11.4 Å². The Morgan fingerprint density at radius 3 is 2.57 bits per heavy atom. The second-order valence-electron chi connectivity index (χ2n) is 6.15. The smallest absolute Gasteiger partial charge is 0.256 e. The number of amides is 1. The summed E-state index contributed by atoms with van der Waals surface area (Å²) in [6, 6.07) is 10.7. The van der Waals surface area contributed by atoms with Crippen LogP contribution < -0.4 is 5.32 Å². The zero-order valence-corrected chi connectivity index (χ0v) is 13.4. The number of aliphatic hydroxyl groups is 1. The van der Waals surface area contributed by atoms with Crippen LogP contribution in [-0.4, -0.2) is 20.6 Å². The van der Waals surface area contributed by atoms with Gasteiger partial charge in [-0.05, 0) is 37.6 Å². The van der Waals surface area contributed by atoms with Crippen LogP contribution in [0.5, 0.6) is 0 Å². The van der Waals surface area contributed by atoms with Gasteiger partial charge < -0.3 is 15.0 Å². The second kappa shape index (κ2) is 5.52. The third-order valence-corrected chi connectivity index (χ3v) is 3.86. The predicted molar refractivity (Wildman–Crippen MR) is 90.4 cm³/mol. The van der Waals surface area contributed by atoms with Gasteiger partial charge in [-0.15, -0.1) is 0 Å². The topological polar surface area (TPSA) is 67.2 Å². The van der Waals surface area contributed by atoms with E-state index in [1.165, 1.54) is 0 Å². The Hall–Kier alpha value is -2.66. The molecule has 0 saturated carbocycles. The van der Waals surface area contributed by atoms with Gasteiger partial charge in [-0.3, -0.25) is 4.79 Å². The Labute approximate surface area is 134 Å². The average molecular weight is 309 g/mol. The molecule has 2 N–H and O–H groups in total. The molecule has 118 valence electrons. The lowest BCUT2D eigenvalue weighted by molar-refractivity contribution is 0.0785.